The van der Waals surface area contributed by atoms with Gasteiger partial charge in [-0.3, -0.25) is 4.79 Å². The van der Waals surface area contributed by atoms with Crippen LogP contribution in [0.5, 0.6) is 5.75 Å². The minimum Gasteiger partial charge on any atom is -0.497 e. The summed E-state index contributed by atoms with van der Waals surface area (Å²) in [5.74, 6) is 0.820. The van der Waals surface area contributed by atoms with Crippen molar-refractivity contribution in [3.63, 3.8) is 0 Å². The summed E-state index contributed by atoms with van der Waals surface area (Å²) < 4.78 is 11.4. The smallest absolute Gasteiger partial charge is 0.297 e. The van der Waals surface area contributed by atoms with Crippen LogP contribution in [0.4, 0.5) is 0 Å². The molecule has 1 atom stereocenters. The summed E-state index contributed by atoms with van der Waals surface area (Å²) in [5, 5.41) is 0. The molecule has 0 aromatic heterocycles. The molecule has 0 saturated carbocycles. The van der Waals surface area contributed by atoms with Gasteiger partial charge in [-0.25, -0.2) is 0 Å². The number of rotatable bonds is 5. The standard InChI is InChI=1S/C19H19NO3/c1-3-12-19(15-10-7-11-16(13-15)22-2)18(21)20-17(23-19)14-8-5-4-6-9-14/h4-11,13H,3,12H2,1-2H3/t19-/m1/s1. The average Bonchev–Trinajstić information content (AvgIpc) is 2.94. The maximum atomic E-state index is 12.7. The summed E-state index contributed by atoms with van der Waals surface area (Å²) in [6.07, 6.45) is 1.37. The third kappa shape index (κ3) is 2.72. The highest BCUT2D eigenvalue weighted by atomic mass is 16.5. The summed E-state index contributed by atoms with van der Waals surface area (Å²) in [4.78, 5) is 16.9. The molecule has 1 amide bonds. The molecular formula is C19H19NO3. The van der Waals surface area contributed by atoms with Crippen molar-refractivity contribution in [1.29, 1.82) is 0 Å². The van der Waals surface area contributed by atoms with Gasteiger partial charge in [0, 0.05) is 17.5 Å². The molecule has 2 aromatic carbocycles. The lowest BCUT2D eigenvalue weighted by Gasteiger charge is -2.27. The molecule has 0 unspecified atom stereocenters. The highest BCUT2D eigenvalue weighted by Gasteiger charge is 2.47. The van der Waals surface area contributed by atoms with E-state index in [1.54, 1.807) is 7.11 Å². The van der Waals surface area contributed by atoms with E-state index in [2.05, 4.69) is 4.99 Å². The molecule has 0 fully saturated rings. The van der Waals surface area contributed by atoms with E-state index in [1.165, 1.54) is 0 Å². The van der Waals surface area contributed by atoms with Gasteiger partial charge in [0.1, 0.15) is 5.75 Å². The first kappa shape index (κ1) is 15.3. The molecular weight excluding hydrogens is 290 g/mol. The van der Waals surface area contributed by atoms with Crippen LogP contribution in [0, 0.1) is 0 Å². The van der Waals surface area contributed by atoms with Crippen molar-refractivity contribution >= 4 is 11.8 Å². The molecule has 0 N–H and O–H groups in total. The highest BCUT2D eigenvalue weighted by Crippen LogP contribution is 2.39. The number of carbonyl (C=O) groups excluding carboxylic acids is 1. The minimum absolute atomic E-state index is 0.258. The van der Waals surface area contributed by atoms with Crippen LogP contribution >= 0.6 is 0 Å². The van der Waals surface area contributed by atoms with Crippen LogP contribution in [0.3, 0.4) is 0 Å². The summed E-state index contributed by atoms with van der Waals surface area (Å²) in [7, 11) is 1.61. The second kappa shape index (κ2) is 6.24. The summed E-state index contributed by atoms with van der Waals surface area (Å²) in [6.45, 7) is 2.03. The van der Waals surface area contributed by atoms with Gasteiger partial charge >= 0.3 is 0 Å². The average molecular weight is 309 g/mol. The topological polar surface area (TPSA) is 47.9 Å². The molecule has 4 heteroatoms. The number of nitrogens with zero attached hydrogens (tertiary/aromatic N) is 1. The Hall–Kier alpha value is -2.62. The molecule has 1 aliphatic rings. The normalized spacial score (nSPS) is 20.1. The Bertz CT molecular complexity index is 739. The lowest BCUT2D eigenvalue weighted by molar-refractivity contribution is -0.132. The number of aliphatic imine (C=N–C) groups is 1. The van der Waals surface area contributed by atoms with Gasteiger partial charge in [-0.05, 0) is 24.3 Å². The van der Waals surface area contributed by atoms with Gasteiger partial charge in [0.2, 0.25) is 11.5 Å². The van der Waals surface area contributed by atoms with Crippen LogP contribution in [0.1, 0.15) is 30.9 Å². The number of hydrogen-bond donors (Lipinski definition) is 0. The zero-order valence-corrected chi connectivity index (χ0v) is 13.3. The van der Waals surface area contributed by atoms with Gasteiger partial charge in [-0.1, -0.05) is 43.7 Å². The van der Waals surface area contributed by atoms with E-state index >= 15 is 0 Å². The molecule has 3 rings (SSSR count). The lowest BCUT2D eigenvalue weighted by atomic mass is 9.88. The third-order valence-corrected chi connectivity index (χ3v) is 3.98. The first-order chi connectivity index (χ1) is 11.2. The molecule has 0 radical (unpaired) electrons. The minimum atomic E-state index is -1.06. The van der Waals surface area contributed by atoms with Crippen molar-refractivity contribution in [3.8, 4) is 5.75 Å². The quantitative estimate of drug-likeness (QED) is 0.846. The maximum Gasteiger partial charge on any atom is 0.297 e. The van der Waals surface area contributed by atoms with Crippen molar-refractivity contribution in [2.24, 2.45) is 4.99 Å². The third-order valence-electron chi connectivity index (χ3n) is 3.98. The van der Waals surface area contributed by atoms with E-state index in [9.17, 15) is 4.79 Å². The highest BCUT2D eigenvalue weighted by molar-refractivity contribution is 6.09. The van der Waals surface area contributed by atoms with Crippen molar-refractivity contribution in [2.45, 2.75) is 25.4 Å². The number of amides is 1. The van der Waals surface area contributed by atoms with Gasteiger partial charge in [-0.2, -0.15) is 4.99 Å². The van der Waals surface area contributed by atoms with Crippen LogP contribution in [0.15, 0.2) is 59.6 Å². The van der Waals surface area contributed by atoms with Crippen molar-refractivity contribution in [2.75, 3.05) is 7.11 Å². The van der Waals surface area contributed by atoms with Crippen molar-refractivity contribution in [3.05, 3.63) is 65.7 Å². The van der Waals surface area contributed by atoms with Crippen LogP contribution in [0.2, 0.25) is 0 Å². The molecule has 0 spiro atoms. The number of benzene rings is 2. The SMILES string of the molecule is CCC[C@]1(c2cccc(OC)c2)OC(c2ccccc2)=NC1=O. The lowest BCUT2D eigenvalue weighted by Crippen LogP contribution is -2.34. The molecule has 2 aromatic rings. The van der Waals surface area contributed by atoms with Crippen molar-refractivity contribution < 1.29 is 14.3 Å². The Morgan fingerprint density at radius 2 is 1.91 bits per heavy atom. The molecule has 4 nitrogen and oxygen atoms in total. The summed E-state index contributed by atoms with van der Waals surface area (Å²) in [5.41, 5.74) is 0.522. The zero-order chi connectivity index (χ0) is 16.3. The van der Waals surface area contributed by atoms with Gasteiger partial charge < -0.3 is 9.47 Å². The predicted molar refractivity (Wildman–Crippen MR) is 88.7 cm³/mol. The molecule has 0 saturated heterocycles. The maximum absolute atomic E-state index is 12.7. The Kier molecular flexibility index (Phi) is 4.15. The fourth-order valence-corrected chi connectivity index (χ4v) is 2.83. The Morgan fingerprint density at radius 1 is 1.13 bits per heavy atom. The largest absolute Gasteiger partial charge is 0.497 e. The number of carbonyl (C=O) groups is 1. The van der Waals surface area contributed by atoms with Gasteiger partial charge in [0.25, 0.3) is 5.91 Å². The monoisotopic (exact) mass is 309 g/mol. The number of methoxy groups -OCH3 is 1. The summed E-state index contributed by atoms with van der Waals surface area (Å²) in [6, 6.07) is 16.9. The van der Waals surface area contributed by atoms with Crippen LogP contribution in [-0.2, 0) is 15.1 Å². The van der Waals surface area contributed by atoms with E-state index in [4.69, 9.17) is 9.47 Å². The Labute approximate surface area is 135 Å². The van der Waals surface area contributed by atoms with Crippen molar-refractivity contribution in [1.82, 2.24) is 0 Å². The fraction of sp³-hybridized carbons (Fsp3) is 0.263. The van der Waals surface area contributed by atoms with Gasteiger partial charge in [-0.15, -0.1) is 0 Å². The van der Waals surface area contributed by atoms with E-state index in [0.717, 1.165) is 17.5 Å². The van der Waals surface area contributed by atoms with E-state index in [-0.39, 0.29) is 5.91 Å². The number of hydrogen-bond acceptors (Lipinski definition) is 3. The van der Waals surface area contributed by atoms with E-state index in [0.29, 0.717) is 18.1 Å². The van der Waals surface area contributed by atoms with E-state index in [1.807, 2.05) is 61.5 Å². The first-order valence-corrected chi connectivity index (χ1v) is 7.71. The van der Waals surface area contributed by atoms with Gasteiger partial charge in [0.15, 0.2) is 0 Å². The first-order valence-electron chi connectivity index (χ1n) is 7.71. The molecule has 0 bridgehead atoms. The Morgan fingerprint density at radius 3 is 2.61 bits per heavy atom. The second-order valence-corrected chi connectivity index (χ2v) is 5.50. The zero-order valence-electron chi connectivity index (χ0n) is 13.3. The number of ether oxygens (including phenoxy) is 2. The molecule has 1 heterocycles. The van der Waals surface area contributed by atoms with Crippen LogP contribution in [0.25, 0.3) is 0 Å². The molecule has 23 heavy (non-hydrogen) atoms. The second-order valence-electron chi connectivity index (χ2n) is 5.50. The fourth-order valence-electron chi connectivity index (χ4n) is 2.83. The van der Waals surface area contributed by atoms with Gasteiger partial charge in [0.05, 0.1) is 7.11 Å². The summed E-state index contributed by atoms with van der Waals surface area (Å²) >= 11 is 0. The Balaban J connectivity index is 2.01. The van der Waals surface area contributed by atoms with E-state index < -0.39 is 5.60 Å². The molecule has 0 aliphatic carbocycles. The molecule has 118 valence electrons. The molecule has 1 aliphatic heterocycles. The van der Waals surface area contributed by atoms with Crippen LogP contribution < -0.4 is 4.74 Å². The predicted octanol–water partition coefficient (Wildman–Crippen LogP) is 3.69. The van der Waals surface area contributed by atoms with Crippen LogP contribution in [-0.4, -0.2) is 18.9 Å².